The summed E-state index contributed by atoms with van der Waals surface area (Å²) < 4.78 is 16.2. The third kappa shape index (κ3) is 5.09. The highest BCUT2D eigenvalue weighted by Crippen LogP contribution is 2.26. The number of ether oxygens (including phenoxy) is 2. The van der Waals surface area contributed by atoms with Crippen LogP contribution in [0.15, 0.2) is 82.0 Å². The van der Waals surface area contributed by atoms with Gasteiger partial charge in [0.25, 0.3) is 0 Å². The van der Waals surface area contributed by atoms with Crippen LogP contribution in [0.5, 0.6) is 5.75 Å². The predicted molar refractivity (Wildman–Crippen MR) is 129 cm³/mol. The number of carbonyl (C=O) groups excluding carboxylic acids is 2. The van der Waals surface area contributed by atoms with Crippen molar-refractivity contribution in [2.24, 2.45) is 5.92 Å². The fourth-order valence-electron chi connectivity index (χ4n) is 3.66. The number of esters is 1. The van der Waals surface area contributed by atoms with Crippen molar-refractivity contribution < 1.29 is 23.5 Å². The lowest BCUT2D eigenvalue weighted by atomic mass is 9.99. The lowest BCUT2D eigenvalue weighted by molar-refractivity contribution is -0.138. The van der Waals surface area contributed by atoms with Crippen LogP contribution in [0.1, 0.15) is 25.8 Å². The van der Waals surface area contributed by atoms with Gasteiger partial charge >= 0.3 is 17.7 Å². The molecule has 1 aromatic heterocycles. The van der Waals surface area contributed by atoms with Crippen molar-refractivity contribution in [3.63, 3.8) is 0 Å². The number of alkyl carbamates (subject to hydrolysis) is 1. The largest absolute Gasteiger partial charge is 0.445 e. The van der Waals surface area contributed by atoms with Gasteiger partial charge in [-0.2, -0.15) is 0 Å². The molecule has 1 amide bonds. The van der Waals surface area contributed by atoms with Crippen LogP contribution < -0.4 is 15.7 Å². The van der Waals surface area contributed by atoms with Crippen molar-refractivity contribution in [1.29, 1.82) is 0 Å². The molecule has 0 saturated heterocycles. The van der Waals surface area contributed by atoms with E-state index in [4.69, 9.17) is 13.9 Å². The van der Waals surface area contributed by atoms with Gasteiger partial charge < -0.3 is 19.2 Å². The molecular formula is C27H25NO6. The van der Waals surface area contributed by atoms with Gasteiger partial charge in [-0.05, 0) is 35.1 Å². The maximum Gasteiger partial charge on any atom is 0.408 e. The number of hydrogen-bond acceptors (Lipinski definition) is 6. The fraction of sp³-hybridized carbons (Fsp3) is 0.222. The first-order valence-corrected chi connectivity index (χ1v) is 11.1. The van der Waals surface area contributed by atoms with Gasteiger partial charge in [-0.1, -0.05) is 68.8 Å². The van der Waals surface area contributed by atoms with E-state index in [0.717, 1.165) is 16.3 Å². The number of hydrogen-bond donors (Lipinski definition) is 1. The standard InChI is InChI=1S/C27H25NO6/c1-3-17(2)24(28-27(31)32-16-18-9-5-4-6-10-18)26(30)33-19-13-14-21-20-11-7-8-12-22(20)25(29)34-23(21)15-19/h4-15,17,24H,3,16H2,1-2H3,(H,28,31)/t17-,24-/m0/s1. The maximum absolute atomic E-state index is 13.0. The topological polar surface area (TPSA) is 94.8 Å². The molecule has 2 atom stereocenters. The Bertz CT molecular complexity index is 1380. The van der Waals surface area contributed by atoms with Crippen molar-refractivity contribution in [2.45, 2.75) is 32.9 Å². The summed E-state index contributed by atoms with van der Waals surface area (Å²) in [7, 11) is 0. The van der Waals surface area contributed by atoms with E-state index >= 15 is 0 Å². The van der Waals surface area contributed by atoms with Gasteiger partial charge in [-0.25, -0.2) is 14.4 Å². The van der Waals surface area contributed by atoms with Crippen molar-refractivity contribution in [3.8, 4) is 5.75 Å². The first-order chi connectivity index (χ1) is 16.5. The van der Waals surface area contributed by atoms with E-state index in [1.165, 1.54) is 6.07 Å². The second-order valence-electron chi connectivity index (χ2n) is 8.08. The molecule has 0 fully saturated rings. The van der Waals surface area contributed by atoms with E-state index in [9.17, 15) is 14.4 Å². The number of amides is 1. The van der Waals surface area contributed by atoms with E-state index in [2.05, 4.69) is 5.32 Å². The number of nitrogens with one attached hydrogen (secondary N) is 1. The summed E-state index contributed by atoms with van der Waals surface area (Å²) in [6, 6.07) is 20.4. The van der Waals surface area contributed by atoms with Gasteiger partial charge in [-0.15, -0.1) is 0 Å². The molecule has 0 aliphatic heterocycles. The highest BCUT2D eigenvalue weighted by atomic mass is 16.6. The van der Waals surface area contributed by atoms with Gasteiger partial charge in [0.1, 0.15) is 24.0 Å². The van der Waals surface area contributed by atoms with Crippen LogP contribution in [-0.2, 0) is 16.1 Å². The monoisotopic (exact) mass is 459 g/mol. The summed E-state index contributed by atoms with van der Waals surface area (Å²) >= 11 is 0. The molecule has 7 nitrogen and oxygen atoms in total. The average Bonchev–Trinajstić information content (AvgIpc) is 2.86. The minimum atomic E-state index is -0.910. The van der Waals surface area contributed by atoms with Gasteiger partial charge in [0.05, 0.1) is 5.39 Å². The molecule has 4 rings (SSSR count). The van der Waals surface area contributed by atoms with Crippen LogP contribution in [0.2, 0.25) is 0 Å². The molecule has 4 aromatic rings. The lowest BCUT2D eigenvalue weighted by Gasteiger charge is -2.22. The Hall–Kier alpha value is -4.13. The Balaban J connectivity index is 1.50. The average molecular weight is 459 g/mol. The van der Waals surface area contributed by atoms with Gasteiger partial charge in [0, 0.05) is 11.5 Å². The minimum Gasteiger partial charge on any atom is -0.445 e. The second kappa shape index (κ2) is 10.2. The van der Waals surface area contributed by atoms with Gasteiger partial charge in [0.2, 0.25) is 0 Å². The quantitative estimate of drug-likeness (QED) is 0.177. The smallest absolute Gasteiger partial charge is 0.408 e. The molecular weight excluding hydrogens is 434 g/mol. The molecule has 0 radical (unpaired) electrons. The molecule has 1 heterocycles. The summed E-state index contributed by atoms with van der Waals surface area (Å²) in [5.74, 6) is -0.615. The predicted octanol–water partition coefficient (Wildman–Crippen LogP) is 5.19. The molecule has 0 bridgehead atoms. The van der Waals surface area contributed by atoms with E-state index in [-0.39, 0.29) is 18.3 Å². The number of rotatable bonds is 7. The Morgan fingerprint density at radius 3 is 2.38 bits per heavy atom. The van der Waals surface area contributed by atoms with E-state index in [0.29, 0.717) is 17.4 Å². The van der Waals surface area contributed by atoms with Crippen molar-refractivity contribution in [2.75, 3.05) is 0 Å². The van der Waals surface area contributed by atoms with Gasteiger partial charge in [-0.3, -0.25) is 0 Å². The van der Waals surface area contributed by atoms with E-state index < -0.39 is 23.7 Å². The zero-order valence-electron chi connectivity index (χ0n) is 18.9. The summed E-state index contributed by atoms with van der Waals surface area (Å²) in [4.78, 5) is 37.6. The van der Waals surface area contributed by atoms with Crippen molar-refractivity contribution in [1.82, 2.24) is 5.32 Å². The van der Waals surface area contributed by atoms with Crippen LogP contribution in [0.25, 0.3) is 21.7 Å². The van der Waals surface area contributed by atoms with E-state index in [1.807, 2.05) is 56.3 Å². The first-order valence-electron chi connectivity index (χ1n) is 11.1. The normalized spacial score (nSPS) is 12.8. The highest BCUT2D eigenvalue weighted by Gasteiger charge is 2.28. The van der Waals surface area contributed by atoms with Crippen LogP contribution in [0, 0.1) is 5.92 Å². The van der Waals surface area contributed by atoms with Gasteiger partial charge in [0.15, 0.2) is 0 Å². The molecule has 0 spiro atoms. The molecule has 1 N–H and O–H groups in total. The lowest BCUT2D eigenvalue weighted by Crippen LogP contribution is -2.47. The second-order valence-corrected chi connectivity index (χ2v) is 8.08. The number of fused-ring (bicyclic) bond motifs is 3. The molecule has 3 aromatic carbocycles. The summed E-state index contributed by atoms with van der Waals surface area (Å²) in [6.45, 7) is 3.85. The Morgan fingerprint density at radius 2 is 1.65 bits per heavy atom. The number of carbonyl (C=O) groups is 2. The van der Waals surface area contributed by atoms with Crippen LogP contribution >= 0.6 is 0 Å². The summed E-state index contributed by atoms with van der Waals surface area (Å²) in [5.41, 5.74) is 0.682. The molecule has 34 heavy (non-hydrogen) atoms. The maximum atomic E-state index is 13.0. The van der Waals surface area contributed by atoms with Crippen LogP contribution in [0.3, 0.4) is 0 Å². The highest BCUT2D eigenvalue weighted by molar-refractivity contribution is 6.04. The fourth-order valence-corrected chi connectivity index (χ4v) is 3.66. The zero-order chi connectivity index (χ0) is 24.1. The van der Waals surface area contributed by atoms with Crippen molar-refractivity contribution >= 4 is 33.8 Å². The third-order valence-electron chi connectivity index (χ3n) is 5.76. The molecule has 0 aliphatic carbocycles. The Morgan fingerprint density at radius 1 is 0.941 bits per heavy atom. The molecule has 174 valence electrons. The number of benzene rings is 3. The van der Waals surface area contributed by atoms with Crippen molar-refractivity contribution in [3.05, 3.63) is 88.8 Å². The molecule has 7 heteroatoms. The van der Waals surface area contributed by atoms with Crippen LogP contribution in [0.4, 0.5) is 4.79 Å². The SMILES string of the molecule is CC[C@H](C)[C@H](NC(=O)OCc1ccccc1)C(=O)Oc1ccc2c(c1)oc(=O)c1ccccc12. The zero-order valence-corrected chi connectivity index (χ0v) is 18.9. The molecule has 0 aliphatic rings. The Kier molecular flexibility index (Phi) is 6.92. The molecule has 0 unspecified atom stereocenters. The van der Waals surface area contributed by atoms with Crippen LogP contribution in [-0.4, -0.2) is 18.1 Å². The van der Waals surface area contributed by atoms with E-state index in [1.54, 1.807) is 24.3 Å². The first kappa shape index (κ1) is 23.0. The third-order valence-corrected chi connectivity index (χ3v) is 5.76. The Labute approximate surface area is 196 Å². The summed E-state index contributed by atoms with van der Waals surface area (Å²) in [6.07, 6.45) is -0.0702. The summed E-state index contributed by atoms with van der Waals surface area (Å²) in [5, 5.41) is 4.59. The minimum absolute atomic E-state index is 0.0899. The molecule has 0 saturated carbocycles.